The molecule has 0 fully saturated rings. The molecular weight excluding hydrogens is 198 g/mol. The lowest BCUT2D eigenvalue weighted by molar-refractivity contribution is -0.439. The van der Waals surface area contributed by atoms with E-state index >= 15 is 0 Å². The Balaban J connectivity index is 2.53. The van der Waals surface area contributed by atoms with Crippen molar-refractivity contribution in [2.24, 2.45) is 11.3 Å². The van der Waals surface area contributed by atoms with E-state index in [0.717, 1.165) is 0 Å². The number of nitro groups is 1. The summed E-state index contributed by atoms with van der Waals surface area (Å²) in [7, 11) is 0. The lowest BCUT2D eigenvalue weighted by Gasteiger charge is -2.32. The largest absolute Gasteiger partial charge is 0.434 e. The topological polar surface area (TPSA) is 69.4 Å². The maximum Gasteiger partial charge on any atom is 0.319 e. The zero-order valence-corrected chi connectivity index (χ0v) is 8.04. The summed E-state index contributed by atoms with van der Waals surface area (Å²) < 4.78 is 4.72. The predicted molar refractivity (Wildman–Crippen MR) is 51.0 cm³/mol. The van der Waals surface area contributed by atoms with E-state index in [1.807, 2.05) is 0 Å². The Labute approximate surface area is 85.9 Å². The van der Waals surface area contributed by atoms with Crippen molar-refractivity contribution < 1.29 is 14.5 Å². The number of cyclic esters (lactones) is 1. The van der Waals surface area contributed by atoms with Crippen LogP contribution in [0.1, 0.15) is 6.92 Å². The summed E-state index contributed by atoms with van der Waals surface area (Å²) in [5.74, 6) is -1.06. The van der Waals surface area contributed by atoms with Gasteiger partial charge in [-0.2, -0.15) is 0 Å². The average molecular weight is 207 g/mol. The quantitative estimate of drug-likeness (QED) is 0.370. The van der Waals surface area contributed by atoms with Gasteiger partial charge < -0.3 is 4.74 Å². The Bertz CT molecular complexity index is 421. The molecule has 0 amide bonds. The van der Waals surface area contributed by atoms with Crippen LogP contribution < -0.4 is 0 Å². The molecule has 5 nitrogen and oxygen atoms in total. The number of hydrogen-bond acceptors (Lipinski definition) is 4. The fourth-order valence-corrected chi connectivity index (χ4v) is 1.88. The molecule has 2 aliphatic rings. The first-order chi connectivity index (χ1) is 7.05. The van der Waals surface area contributed by atoms with Gasteiger partial charge in [0.25, 0.3) is 5.70 Å². The van der Waals surface area contributed by atoms with Gasteiger partial charge in [-0.3, -0.25) is 14.9 Å². The Morgan fingerprint density at radius 2 is 2.33 bits per heavy atom. The third kappa shape index (κ3) is 1.27. The second kappa shape index (κ2) is 3.05. The molecule has 1 aliphatic heterocycles. The first kappa shape index (κ1) is 9.64. The normalized spacial score (nSPS) is 33.0. The first-order valence-electron chi connectivity index (χ1n) is 4.47. The minimum Gasteiger partial charge on any atom is -0.434 e. The molecule has 0 saturated carbocycles. The fourth-order valence-electron chi connectivity index (χ4n) is 1.88. The highest BCUT2D eigenvalue weighted by atomic mass is 16.6. The molecular formula is C10H9NO4. The monoisotopic (exact) mass is 207 g/mol. The van der Waals surface area contributed by atoms with Gasteiger partial charge in [-0.1, -0.05) is 12.2 Å². The van der Waals surface area contributed by atoms with Crippen molar-refractivity contribution in [1.29, 1.82) is 0 Å². The van der Waals surface area contributed by atoms with Crippen molar-refractivity contribution in [3.63, 3.8) is 0 Å². The molecule has 0 bridgehead atoms. The molecule has 1 heterocycles. The van der Waals surface area contributed by atoms with E-state index in [0.29, 0.717) is 0 Å². The van der Waals surface area contributed by atoms with Crippen molar-refractivity contribution in [2.75, 3.05) is 0 Å². The number of rotatable bonds is 1. The maximum absolute atomic E-state index is 11.4. The van der Waals surface area contributed by atoms with Gasteiger partial charge in [-0.15, -0.1) is 0 Å². The number of fused-ring (bicyclic) bond motifs is 1. The molecule has 0 aromatic carbocycles. The molecule has 1 aliphatic carbocycles. The van der Waals surface area contributed by atoms with Crippen LogP contribution >= 0.6 is 0 Å². The van der Waals surface area contributed by atoms with Gasteiger partial charge in [0.05, 0.1) is 22.5 Å². The number of ether oxygens (including phenoxy) is 1. The summed E-state index contributed by atoms with van der Waals surface area (Å²) in [5, 5.41) is 10.8. The van der Waals surface area contributed by atoms with Gasteiger partial charge >= 0.3 is 5.97 Å². The van der Waals surface area contributed by atoms with Gasteiger partial charge in [0.2, 0.25) is 0 Å². The van der Waals surface area contributed by atoms with Gasteiger partial charge in [0.1, 0.15) is 0 Å². The Kier molecular flexibility index (Phi) is 1.96. The lowest BCUT2D eigenvalue weighted by atomic mass is 9.71. The zero-order chi connectivity index (χ0) is 11.1. The molecule has 0 spiro atoms. The smallest absolute Gasteiger partial charge is 0.319 e. The summed E-state index contributed by atoms with van der Waals surface area (Å²) in [6.07, 6.45) is 7.33. The number of hydrogen-bond donors (Lipinski definition) is 0. The van der Waals surface area contributed by atoms with Crippen molar-refractivity contribution in [1.82, 2.24) is 0 Å². The average Bonchev–Trinajstić information content (AvgIpc) is 2.16. The van der Waals surface area contributed by atoms with Crippen LogP contribution in [0.15, 0.2) is 36.3 Å². The molecule has 5 heteroatoms. The van der Waals surface area contributed by atoms with Crippen LogP contribution in [-0.2, 0) is 9.53 Å². The van der Waals surface area contributed by atoms with Crippen molar-refractivity contribution >= 4 is 5.97 Å². The van der Waals surface area contributed by atoms with Crippen molar-refractivity contribution in [2.45, 2.75) is 6.92 Å². The third-order valence-electron chi connectivity index (χ3n) is 2.80. The van der Waals surface area contributed by atoms with Crippen LogP contribution in [0.3, 0.4) is 0 Å². The Hall–Kier alpha value is -1.91. The number of esters is 1. The maximum atomic E-state index is 11.4. The van der Waals surface area contributed by atoms with E-state index in [-0.39, 0.29) is 5.70 Å². The van der Waals surface area contributed by atoms with E-state index in [2.05, 4.69) is 0 Å². The number of carbonyl (C=O) groups is 1. The van der Waals surface area contributed by atoms with E-state index in [4.69, 9.17) is 4.74 Å². The summed E-state index contributed by atoms with van der Waals surface area (Å²) in [6, 6.07) is 0. The molecule has 15 heavy (non-hydrogen) atoms. The highest BCUT2D eigenvalue weighted by Gasteiger charge is 2.49. The van der Waals surface area contributed by atoms with Gasteiger partial charge in [-0.25, -0.2) is 0 Å². The molecule has 0 N–H and O–H groups in total. The summed E-state index contributed by atoms with van der Waals surface area (Å²) >= 11 is 0. The fraction of sp³-hybridized carbons (Fsp3) is 0.300. The van der Waals surface area contributed by atoms with Crippen molar-refractivity contribution in [3.8, 4) is 0 Å². The van der Waals surface area contributed by atoms with E-state index in [1.54, 1.807) is 19.1 Å². The predicted octanol–water partition coefficient (Wildman–Crippen LogP) is 1.41. The number of nitrogens with zero attached hydrogens (tertiary/aromatic N) is 1. The SMILES string of the molecule is CC12C=COC(=O)C1C=CC=C2[N+](=O)[O-]. The highest BCUT2D eigenvalue weighted by molar-refractivity contribution is 5.79. The molecule has 0 aromatic heterocycles. The van der Waals surface area contributed by atoms with Crippen LogP contribution in [-0.4, -0.2) is 10.9 Å². The Morgan fingerprint density at radius 1 is 1.60 bits per heavy atom. The standard InChI is InChI=1S/C10H9NO4/c1-10-5-6-15-9(12)7(10)3-2-4-8(10)11(13)14/h2-7H,1H3. The van der Waals surface area contributed by atoms with Gasteiger partial charge in [-0.05, 0) is 13.0 Å². The highest BCUT2D eigenvalue weighted by Crippen LogP contribution is 2.43. The first-order valence-corrected chi connectivity index (χ1v) is 4.47. The minimum atomic E-state index is -0.895. The van der Waals surface area contributed by atoms with Crippen LogP contribution in [0.4, 0.5) is 0 Å². The number of carbonyl (C=O) groups excluding carboxylic acids is 1. The van der Waals surface area contributed by atoms with Gasteiger partial charge in [0.15, 0.2) is 0 Å². The van der Waals surface area contributed by atoms with Crippen LogP contribution in [0.25, 0.3) is 0 Å². The number of allylic oxidation sites excluding steroid dienone is 3. The molecule has 2 unspecified atom stereocenters. The summed E-state index contributed by atoms with van der Waals surface area (Å²) in [6.45, 7) is 1.66. The van der Waals surface area contributed by atoms with Gasteiger partial charge in [0, 0.05) is 6.08 Å². The molecule has 2 atom stereocenters. The second-order valence-electron chi connectivity index (χ2n) is 3.69. The minimum absolute atomic E-state index is 0.0166. The second-order valence-corrected chi connectivity index (χ2v) is 3.69. The van der Waals surface area contributed by atoms with Crippen molar-refractivity contribution in [3.05, 3.63) is 46.4 Å². The van der Waals surface area contributed by atoms with E-state index in [1.165, 1.54) is 18.4 Å². The molecule has 0 saturated heterocycles. The van der Waals surface area contributed by atoms with Crippen LogP contribution in [0, 0.1) is 21.4 Å². The Morgan fingerprint density at radius 3 is 3.00 bits per heavy atom. The lowest BCUT2D eigenvalue weighted by Crippen LogP contribution is -2.39. The molecule has 78 valence electrons. The molecule has 0 aromatic rings. The van der Waals surface area contributed by atoms with E-state index in [9.17, 15) is 14.9 Å². The molecule has 2 rings (SSSR count). The van der Waals surface area contributed by atoms with Crippen LogP contribution in [0.5, 0.6) is 0 Å². The summed E-state index contributed by atoms with van der Waals surface area (Å²) in [4.78, 5) is 21.8. The van der Waals surface area contributed by atoms with E-state index < -0.39 is 22.2 Å². The van der Waals surface area contributed by atoms with Crippen LogP contribution in [0.2, 0.25) is 0 Å². The summed E-state index contributed by atoms with van der Waals surface area (Å²) in [5.41, 5.74) is -0.879. The zero-order valence-electron chi connectivity index (χ0n) is 8.04. The molecule has 0 radical (unpaired) electrons. The third-order valence-corrected chi connectivity index (χ3v) is 2.80.